The van der Waals surface area contributed by atoms with E-state index in [1.54, 1.807) is 0 Å². The van der Waals surface area contributed by atoms with Crippen molar-refractivity contribution in [3.8, 4) is 0 Å². The van der Waals surface area contributed by atoms with Crippen LogP contribution in [0.25, 0.3) is 0 Å². The van der Waals surface area contributed by atoms with Crippen LogP contribution in [0, 0.1) is 5.92 Å². The molecule has 0 aromatic carbocycles. The normalized spacial score (nSPS) is 52.0. The third kappa shape index (κ3) is 0.243. The van der Waals surface area contributed by atoms with E-state index >= 15 is 0 Å². The van der Waals surface area contributed by atoms with Crippen molar-refractivity contribution < 1.29 is 4.74 Å². The topological polar surface area (TPSA) is 9.23 Å². The summed E-state index contributed by atoms with van der Waals surface area (Å²) in [7, 11) is 0. The van der Waals surface area contributed by atoms with Crippen LogP contribution < -0.4 is 0 Å². The lowest BCUT2D eigenvalue weighted by Gasteiger charge is -1.86. The molecule has 2 fully saturated rings. The highest BCUT2D eigenvalue weighted by Gasteiger charge is 2.42. The second-order valence-electron chi connectivity index (χ2n) is 2.19. The second-order valence-corrected chi connectivity index (χ2v) is 2.19. The van der Waals surface area contributed by atoms with Gasteiger partial charge < -0.3 is 4.74 Å². The largest absolute Gasteiger partial charge is 0.378 e. The van der Waals surface area contributed by atoms with Gasteiger partial charge in [0, 0.05) is 6.61 Å². The Hall–Kier alpha value is -0.0400. The van der Waals surface area contributed by atoms with Gasteiger partial charge in [-0.05, 0) is 18.8 Å². The third-order valence-electron chi connectivity index (χ3n) is 1.68. The first-order valence-corrected chi connectivity index (χ1v) is 2.58. The Morgan fingerprint density at radius 2 is 2.50 bits per heavy atom. The van der Waals surface area contributed by atoms with Crippen LogP contribution in [0.4, 0.5) is 0 Å². The molecular weight excluding hydrogens is 76.1 g/mol. The van der Waals surface area contributed by atoms with Gasteiger partial charge in [0.15, 0.2) is 0 Å². The first-order chi connectivity index (χ1) is 2.97. The molecule has 1 heteroatoms. The van der Waals surface area contributed by atoms with Crippen molar-refractivity contribution in [1.82, 2.24) is 0 Å². The molecule has 0 amide bonds. The zero-order chi connectivity index (χ0) is 3.98. The zero-order valence-electron chi connectivity index (χ0n) is 3.68. The maximum Gasteiger partial charge on any atom is 0.0608 e. The van der Waals surface area contributed by atoms with Crippen LogP contribution in [0.5, 0.6) is 0 Å². The molecule has 1 aliphatic carbocycles. The van der Waals surface area contributed by atoms with Crippen LogP contribution in [-0.2, 0) is 4.74 Å². The lowest BCUT2D eigenvalue weighted by atomic mass is 10.3. The van der Waals surface area contributed by atoms with E-state index in [1.807, 2.05) is 0 Å². The van der Waals surface area contributed by atoms with E-state index in [4.69, 9.17) is 4.74 Å². The molecule has 1 nitrogen and oxygen atoms in total. The first kappa shape index (κ1) is 3.03. The summed E-state index contributed by atoms with van der Waals surface area (Å²) in [5, 5.41) is 0. The Labute approximate surface area is 37.3 Å². The molecule has 0 spiro atoms. The van der Waals surface area contributed by atoms with Gasteiger partial charge in [0.2, 0.25) is 0 Å². The molecule has 2 atom stereocenters. The Morgan fingerprint density at radius 3 is 2.67 bits per heavy atom. The van der Waals surface area contributed by atoms with E-state index in [9.17, 15) is 0 Å². The van der Waals surface area contributed by atoms with E-state index in [0.717, 1.165) is 12.5 Å². The van der Waals surface area contributed by atoms with Crippen molar-refractivity contribution in [2.45, 2.75) is 18.9 Å². The highest BCUT2D eigenvalue weighted by molar-refractivity contribution is 4.91. The fourth-order valence-corrected chi connectivity index (χ4v) is 1.10. The average Bonchev–Trinajstić information content (AvgIpc) is 2.17. The van der Waals surface area contributed by atoms with Crippen molar-refractivity contribution in [2.24, 2.45) is 5.92 Å². The molecule has 0 aromatic rings. The third-order valence-corrected chi connectivity index (χ3v) is 1.68. The maximum atomic E-state index is 5.23. The average molecular weight is 84.1 g/mol. The van der Waals surface area contributed by atoms with Gasteiger partial charge in [0.1, 0.15) is 0 Å². The SMILES string of the molecule is C1C[C@@H]2C[C@@H]2O1. The van der Waals surface area contributed by atoms with Crippen molar-refractivity contribution in [2.75, 3.05) is 6.61 Å². The van der Waals surface area contributed by atoms with E-state index in [1.165, 1.54) is 12.8 Å². The first-order valence-electron chi connectivity index (χ1n) is 2.58. The van der Waals surface area contributed by atoms with Gasteiger partial charge in [0.05, 0.1) is 6.10 Å². The Bertz CT molecular complexity index is 62.3. The molecular formula is C5H8O. The molecule has 6 heavy (non-hydrogen) atoms. The quantitative estimate of drug-likeness (QED) is 0.421. The van der Waals surface area contributed by atoms with Crippen LogP contribution in [-0.4, -0.2) is 12.7 Å². The van der Waals surface area contributed by atoms with Gasteiger partial charge in [-0.25, -0.2) is 0 Å². The molecule has 0 N–H and O–H groups in total. The van der Waals surface area contributed by atoms with Crippen LogP contribution in [0.15, 0.2) is 0 Å². The fraction of sp³-hybridized carbons (Fsp3) is 1.00. The van der Waals surface area contributed by atoms with Crippen molar-refractivity contribution in [3.05, 3.63) is 0 Å². The smallest absolute Gasteiger partial charge is 0.0608 e. The van der Waals surface area contributed by atoms with Gasteiger partial charge >= 0.3 is 0 Å². The number of hydrogen-bond donors (Lipinski definition) is 0. The van der Waals surface area contributed by atoms with Crippen LogP contribution >= 0.6 is 0 Å². The van der Waals surface area contributed by atoms with E-state index in [-0.39, 0.29) is 0 Å². The number of rotatable bonds is 0. The number of hydrogen-bond acceptors (Lipinski definition) is 1. The molecule has 2 aliphatic rings. The van der Waals surface area contributed by atoms with Crippen LogP contribution in [0.1, 0.15) is 12.8 Å². The molecule has 34 valence electrons. The molecule has 0 unspecified atom stereocenters. The summed E-state index contributed by atoms with van der Waals surface area (Å²) < 4.78 is 5.23. The molecule has 1 saturated heterocycles. The lowest BCUT2D eigenvalue weighted by Crippen LogP contribution is -1.84. The van der Waals surface area contributed by atoms with Gasteiger partial charge in [0.25, 0.3) is 0 Å². The van der Waals surface area contributed by atoms with E-state index in [2.05, 4.69) is 0 Å². The Kier molecular flexibility index (Phi) is 0.396. The van der Waals surface area contributed by atoms with Crippen molar-refractivity contribution in [1.29, 1.82) is 0 Å². The van der Waals surface area contributed by atoms with E-state index in [0.29, 0.717) is 6.10 Å². The molecule has 1 aliphatic heterocycles. The predicted molar refractivity (Wildman–Crippen MR) is 22.5 cm³/mol. The van der Waals surface area contributed by atoms with Gasteiger partial charge in [-0.3, -0.25) is 0 Å². The van der Waals surface area contributed by atoms with Crippen LogP contribution in [0.2, 0.25) is 0 Å². The number of ether oxygens (including phenoxy) is 1. The summed E-state index contributed by atoms with van der Waals surface area (Å²) in [5.41, 5.74) is 0. The molecule has 0 radical (unpaired) electrons. The summed E-state index contributed by atoms with van der Waals surface area (Å²) in [6, 6.07) is 0. The minimum Gasteiger partial charge on any atom is -0.378 e. The molecule has 0 bridgehead atoms. The minimum atomic E-state index is 0.713. The predicted octanol–water partition coefficient (Wildman–Crippen LogP) is 0.795. The van der Waals surface area contributed by atoms with Gasteiger partial charge in [-0.2, -0.15) is 0 Å². The summed E-state index contributed by atoms with van der Waals surface area (Å²) in [6.45, 7) is 1.04. The molecule has 0 aromatic heterocycles. The van der Waals surface area contributed by atoms with Gasteiger partial charge in [-0.1, -0.05) is 0 Å². The molecule has 1 heterocycles. The van der Waals surface area contributed by atoms with Crippen LogP contribution in [0.3, 0.4) is 0 Å². The number of fused-ring (bicyclic) bond motifs is 1. The summed E-state index contributed by atoms with van der Waals surface area (Å²) >= 11 is 0. The molecule has 2 rings (SSSR count). The Balaban J connectivity index is 2.09. The summed E-state index contributed by atoms with van der Waals surface area (Å²) in [6.07, 6.45) is 3.41. The Morgan fingerprint density at radius 1 is 1.50 bits per heavy atom. The second kappa shape index (κ2) is 0.784. The molecule has 1 saturated carbocycles. The highest BCUT2D eigenvalue weighted by atomic mass is 16.5. The van der Waals surface area contributed by atoms with Gasteiger partial charge in [-0.15, -0.1) is 0 Å². The van der Waals surface area contributed by atoms with Crippen molar-refractivity contribution in [3.63, 3.8) is 0 Å². The summed E-state index contributed by atoms with van der Waals surface area (Å²) in [4.78, 5) is 0. The monoisotopic (exact) mass is 84.1 g/mol. The maximum absolute atomic E-state index is 5.23. The standard InChI is InChI=1S/C5H8O/c1-2-6-5-3-4(1)5/h4-5H,1-3H2/t4-,5+/m1/s1. The van der Waals surface area contributed by atoms with Crippen molar-refractivity contribution >= 4 is 0 Å². The fourth-order valence-electron chi connectivity index (χ4n) is 1.10. The zero-order valence-corrected chi connectivity index (χ0v) is 3.68. The highest BCUT2D eigenvalue weighted by Crippen LogP contribution is 2.41. The summed E-state index contributed by atoms with van der Waals surface area (Å²) in [5.74, 6) is 0.991. The minimum absolute atomic E-state index is 0.713. The van der Waals surface area contributed by atoms with E-state index < -0.39 is 0 Å². The lowest BCUT2D eigenvalue weighted by molar-refractivity contribution is 0.156.